The lowest BCUT2D eigenvalue weighted by Crippen LogP contribution is -2.22. The Balaban J connectivity index is 2.27. The third-order valence-corrected chi connectivity index (χ3v) is 3.51. The van der Waals surface area contributed by atoms with Gasteiger partial charge >= 0.3 is 0 Å². The molecule has 2 amide bonds. The molecule has 2 aromatic carbocycles. The Hall–Kier alpha value is -2.93. The van der Waals surface area contributed by atoms with Crippen LogP contribution < -0.4 is 5.32 Å². The van der Waals surface area contributed by atoms with Crippen molar-refractivity contribution in [2.45, 2.75) is 0 Å². The Morgan fingerprint density at radius 2 is 1.88 bits per heavy atom. The summed E-state index contributed by atoms with van der Waals surface area (Å²) in [6, 6.07) is 9.99. The van der Waals surface area contributed by atoms with Gasteiger partial charge in [0.1, 0.15) is 0 Å². The van der Waals surface area contributed by atoms with Crippen LogP contribution in [0.15, 0.2) is 42.5 Å². The SMILES string of the molecule is CN(C)C(=O)c1cccc(NC(=O)c2cc([N+](=O)[O-])ccc2Cl)c1. The van der Waals surface area contributed by atoms with Crippen LogP contribution >= 0.6 is 11.6 Å². The number of nitro groups is 1. The standard InChI is InChI=1S/C16H14ClN3O4/c1-19(2)16(22)10-4-3-5-11(8-10)18-15(21)13-9-12(20(23)24)6-7-14(13)17/h3-9H,1-2H3,(H,18,21). The Labute approximate surface area is 143 Å². The van der Waals surface area contributed by atoms with Gasteiger partial charge in [0.2, 0.25) is 0 Å². The molecule has 7 nitrogen and oxygen atoms in total. The lowest BCUT2D eigenvalue weighted by atomic mass is 10.1. The number of carbonyl (C=O) groups excluding carboxylic acids is 2. The van der Waals surface area contributed by atoms with Crippen LogP contribution in [0.25, 0.3) is 0 Å². The van der Waals surface area contributed by atoms with Crippen molar-refractivity contribution < 1.29 is 14.5 Å². The molecule has 0 fully saturated rings. The molecule has 0 aliphatic carbocycles. The normalized spacial score (nSPS) is 10.1. The van der Waals surface area contributed by atoms with Crippen LogP contribution in [-0.2, 0) is 0 Å². The summed E-state index contributed by atoms with van der Waals surface area (Å²) < 4.78 is 0. The monoisotopic (exact) mass is 347 g/mol. The van der Waals surface area contributed by atoms with E-state index in [1.807, 2.05) is 0 Å². The minimum atomic E-state index is -0.608. The molecule has 0 bridgehead atoms. The Morgan fingerprint density at radius 3 is 2.50 bits per heavy atom. The van der Waals surface area contributed by atoms with Crippen LogP contribution in [-0.4, -0.2) is 35.7 Å². The van der Waals surface area contributed by atoms with Gasteiger partial charge in [0.05, 0.1) is 15.5 Å². The first-order valence-electron chi connectivity index (χ1n) is 6.86. The molecule has 0 saturated carbocycles. The molecule has 0 heterocycles. The number of non-ortho nitro benzene ring substituents is 1. The third kappa shape index (κ3) is 3.88. The number of halogens is 1. The number of anilines is 1. The Morgan fingerprint density at radius 1 is 1.17 bits per heavy atom. The average Bonchev–Trinajstić information content (AvgIpc) is 2.54. The molecule has 0 unspecified atom stereocenters. The van der Waals surface area contributed by atoms with E-state index in [1.165, 1.54) is 23.1 Å². The fourth-order valence-electron chi connectivity index (χ4n) is 1.99. The molecule has 0 radical (unpaired) electrons. The van der Waals surface area contributed by atoms with E-state index < -0.39 is 10.8 Å². The topological polar surface area (TPSA) is 92.6 Å². The summed E-state index contributed by atoms with van der Waals surface area (Å²) in [5.74, 6) is -0.808. The molecule has 8 heteroatoms. The van der Waals surface area contributed by atoms with Crippen molar-refractivity contribution in [3.63, 3.8) is 0 Å². The molecular formula is C16H14ClN3O4. The summed E-state index contributed by atoms with van der Waals surface area (Å²) in [5, 5.41) is 13.5. The van der Waals surface area contributed by atoms with Gasteiger partial charge in [0.25, 0.3) is 17.5 Å². The van der Waals surface area contributed by atoms with Crippen molar-refractivity contribution in [3.05, 3.63) is 68.7 Å². The predicted molar refractivity (Wildman–Crippen MR) is 90.5 cm³/mol. The maximum Gasteiger partial charge on any atom is 0.270 e. The van der Waals surface area contributed by atoms with Crippen LogP contribution in [0.1, 0.15) is 20.7 Å². The van der Waals surface area contributed by atoms with E-state index in [-0.39, 0.29) is 22.2 Å². The van der Waals surface area contributed by atoms with Crippen LogP contribution in [0.5, 0.6) is 0 Å². The molecule has 2 rings (SSSR count). The Bertz CT molecular complexity index is 821. The smallest absolute Gasteiger partial charge is 0.270 e. The maximum atomic E-state index is 12.3. The van der Waals surface area contributed by atoms with E-state index in [0.29, 0.717) is 11.3 Å². The molecule has 0 aromatic heterocycles. The molecule has 0 spiro atoms. The number of nitrogens with zero attached hydrogens (tertiary/aromatic N) is 2. The number of hydrogen-bond acceptors (Lipinski definition) is 4. The van der Waals surface area contributed by atoms with E-state index in [1.54, 1.807) is 32.3 Å². The fraction of sp³-hybridized carbons (Fsp3) is 0.125. The highest BCUT2D eigenvalue weighted by Gasteiger charge is 2.16. The van der Waals surface area contributed by atoms with Crippen molar-refractivity contribution in [1.82, 2.24) is 4.90 Å². The quantitative estimate of drug-likeness (QED) is 0.679. The second kappa shape index (κ2) is 7.10. The van der Waals surface area contributed by atoms with Gasteiger partial charge < -0.3 is 10.2 Å². The van der Waals surface area contributed by atoms with Crippen molar-refractivity contribution in [2.24, 2.45) is 0 Å². The van der Waals surface area contributed by atoms with Gasteiger partial charge in [0.15, 0.2) is 0 Å². The molecule has 0 aliphatic heterocycles. The van der Waals surface area contributed by atoms with Crippen LogP contribution in [0.2, 0.25) is 5.02 Å². The number of nitrogens with one attached hydrogen (secondary N) is 1. The zero-order valence-corrected chi connectivity index (χ0v) is 13.7. The molecule has 1 N–H and O–H groups in total. The summed E-state index contributed by atoms with van der Waals surface area (Å²) in [6.45, 7) is 0. The largest absolute Gasteiger partial charge is 0.345 e. The molecule has 124 valence electrons. The first-order valence-corrected chi connectivity index (χ1v) is 7.24. The number of benzene rings is 2. The van der Waals surface area contributed by atoms with Crippen molar-refractivity contribution in [2.75, 3.05) is 19.4 Å². The lowest BCUT2D eigenvalue weighted by molar-refractivity contribution is -0.384. The number of carbonyl (C=O) groups is 2. The fourth-order valence-corrected chi connectivity index (χ4v) is 2.19. The number of rotatable bonds is 4. The minimum Gasteiger partial charge on any atom is -0.345 e. The molecular weight excluding hydrogens is 334 g/mol. The second-order valence-electron chi connectivity index (χ2n) is 5.16. The minimum absolute atomic E-state index is 0.0183. The summed E-state index contributed by atoms with van der Waals surface area (Å²) >= 11 is 5.94. The van der Waals surface area contributed by atoms with Gasteiger partial charge in [-0.1, -0.05) is 17.7 Å². The van der Waals surface area contributed by atoms with E-state index in [4.69, 9.17) is 11.6 Å². The molecule has 0 aliphatic rings. The van der Waals surface area contributed by atoms with Gasteiger partial charge in [-0.05, 0) is 24.3 Å². The number of nitro benzene ring substituents is 1. The lowest BCUT2D eigenvalue weighted by Gasteiger charge is -2.12. The van der Waals surface area contributed by atoms with E-state index in [2.05, 4.69) is 5.32 Å². The third-order valence-electron chi connectivity index (χ3n) is 3.18. The highest BCUT2D eigenvalue weighted by Crippen LogP contribution is 2.23. The maximum absolute atomic E-state index is 12.3. The zero-order chi connectivity index (χ0) is 17.9. The van der Waals surface area contributed by atoms with E-state index >= 15 is 0 Å². The number of amides is 2. The van der Waals surface area contributed by atoms with Gasteiger partial charge in [0, 0.05) is 37.5 Å². The molecule has 0 saturated heterocycles. The summed E-state index contributed by atoms with van der Waals surface area (Å²) in [5.41, 5.74) is 0.537. The first-order chi connectivity index (χ1) is 11.3. The van der Waals surface area contributed by atoms with Crippen LogP contribution in [0, 0.1) is 10.1 Å². The van der Waals surface area contributed by atoms with Crippen LogP contribution in [0.4, 0.5) is 11.4 Å². The first kappa shape index (κ1) is 17.4. The highest BCUT2D eigenvalue weighted by atomic mass is 35.5. The second-order valence-corrected chi connectivity index (χ2v) is 5.56. The van der Waals surface area contributed by atoms with Gasteiger partial charge in [-0.15, -0.1) is 0 Å². The average molecular weight is 348 g/mol. The van der Waals surface area contributed by atoms with E-state index in [9.17, 15) is 19.7 Å². The Kier molecular flexibility index (Phi) is 5.15. The summed E-state index contributed by atoms with van der Waals surface area (Å²) in [7, 11) is 3.24. The van der Waals surface area contributed by atoms with Crippen molar-refractivity contribution >= 4 is 34.8 Å². The zero-order valence-electron chi connectivity index (χ0n) is 12.9. The van der Waals surface area contributed by atoms with Gasteiger partial charge in [-0.2, -0.15) is 0 Å². The summed E-state index contributed by atoms with van der Waals surface area (Å²) in [6.07, 6.45) is 0. The molecule has 24 heavy (non-hydrogen) atoms. The van der Waals surface area contributed by atoms with Gasteiger partial charge in [-0.3, -0.25) is 19.7 Å². The summed E-state index contributed by atoms with van der Waals surface area (Å²) in [4.78, 5) is 35.9. The molecule has 2 aromatic rings. The highest BCUT2D eigenvalue weighted by molar-refractivity contribution is 6.34. The van der Waals surface area contributed by atoms with Crippen molar-refractivity contribution in [3.8, 4) is 0 Å². The predicted octanol–water partition coefficient (Wildman–Crippen LogP) is 3.20. The van der Waals surface area contributed by atoms with Gasteiger partial charge in [-0.25, -0.2) is 0 Å². The van der Waals surface area contributed by atoms with Crippen LogP contribution in [0.3, 0.4) is 0 Å². The van der Waals surface area contributed by atoms with E-state index in [0.717, 1.165) is 6.07 Å². The number of hydrogen-bond donors (Lipinski definition) is 1. The molecule has 0 atom stereocenters. The van der Waals surface area contributed by atoms with Crippen molar-refractivity contribution in [1.29, 1.82) is 0 Å².